The number of rotatable bonds is 2. The van der Waals surface area contributed by atoms with E-state index in [0.717, 1.165) is 52.7 Å². The van der Waals surface area contributed by atoms with Crippen LogP contribution in [0.5, 0.6) is 5.75 Å². The van der Waals surface area contributed by atoms with Crippen molar-refractivity contribution in [2.45, 2.75) is 31.7 Å². The number of nitrogens with one attached hydrogen (secondary N) is 1. The fourth-order valence-electron chi connectivity index (χ4n) is 4.19. The molecule has 0 amide bonds. The predicted molar refractivity (Wildman–Crippen MR) is 110 cm³/mol. The van der Waals surface area contributed by atoms with E-state index < -0.39 is 0 Å². The molecule has 6 nitrogen and oxygen atoms in total. The highest BCUT2D eigenvalue weighted by molar-refractivity contribution is 5.88. The number of phenolic OH excluding ortho intramolecular Hbond substituents is 1. The van der Waals surface area contributed by atoms with Gasteiger partial charge in [-0.1, -0.05) is 0 Å². The van der Waals surface area contributed by atoms with Crippen molar-refractivity contribution in [3.05, 3.63) is 48.3 Å². The first-order valence-electron chi connectivity index (χ1n) is 9.74. The fraction of sp³-hybridized carbons (Fsp3) is 0.318. The summed E-state index contributed by atoms with van der Waals surface area (Å²) in [6.45, 7) is 3.27. The smallest absolute Gasteiger partial charge is 0.127 e. The maximum Gasteiger partial charge on any atom is 0.127 e. The van der Waals surface area contributed by atoms with Gasteiger partial charge in [0.05, 0.1) is 22.2 Å². The number of benzene rings is 1. The van der Waals surface area contributed by atoms with Crippen LogP contribution in [-0.2, 0) is 7.05 Å². The second-order valence-corrected chi connectivity index (χ2v) is 7.78. The largest absolute Gasteiger partial charge is 0.507 e. The van der Waals surface area contributed by atoms with Crippen molar-refractivity contribution in [2.24, 2.45) is 7.05 Å². The normalized spacial score (nSPS) is 20.1. The van der Waals surface area contributed by atoms with E-state index in [1.807, 2.05) is 37.5 Å². The van der Waals surface area contributed by atoms with Gasteiger partial charge in [-0.2, -0.15) is 5.10 Å². The highest BCUT2D eigenvalue weighted by Gasteiger charge is 2.21. The summed E-state index contributed by atoms with van der Waals surface area (Å²) in [5.74, 6) is 0.684. The quantitative estimate of drug-likeness (QED) is 0.560. The Morgan fingerprint density at radius 1 is 1.07 bits per heavy atom. The predicted octanol–water partition coefficient (Wildman–Crippen LogP) is 3.74. The summed E-state index contributed by atoms with van der Waals surface area (Å²) in [5.41, 5.74) is 5.10. The summed E-state index contributed by atoms with van der Waals surface area (Å²) in [6, 6.07) is 12.2. The lowest BCUT2D eigenvalue weighted by molar-refractivity contribution is 0.377. The van der Waals surface area contributed by atoms with E-state index in [1.165, 1.54) is 0 Å². The molecule has 1 fully saturated rings. The third kappa shape index (κ3) is 2.99. The first-order chi connectivity index (χ1) is 13.6. The number of phenols is 1. The molecule has 4 heterocycles. The van der Waals surface area contributed by atoms with E-state index in [1.54, 1.807) is 10.7 Å². The first-order valence-corrected chi connectivity index (χ1v) is 9.74. The van der Waals surface area contributed by atoms with E-state index >= 15 is 0 Å². The molecule has 0 saturated carbocycles. The van der Waals surface area contributed by atoms with Gasteiger partial charge in [0.2, 0.25) is 0 Å². The van der Waals surface area contributed by atoms with Crippen LogP contribution in [0, 0.1) is 0 Å². The lowest BCUT2D eigenvalue weighted by Crippen LogP contribution is -2.35. The Hall–Kier alpha value is -2.99. The molecule has 0 unspecified atom stereocenters. The highest BCUT2D eigenvalue weighted by atomic mass is 16.3. The number of aromatic hydroxyl groups is 1. The first kappa shape index (κ1) is 17.1. The Morgan fingerprint density at radius 2 is 1.89 bits per heavy atom. The summed E-state index contributed by atoms with van der Waals surface area (Å²) in [4.78, 5) is 9.64. The van der Waals surface area contributed by atoms with Crippen LogP contribution in [0.2, 0.25) is 0 Å². The molecule has 0 spiro atoms. The van der Waals surface area contributed by atoms with E-state index in [9.17, 15) is 5.11 Å². The Labute approximate surface area is 163 Å². The van der Waals surface area contributed by atoms with Crippen molar-refractivity contribution >= 4 is 21.9 Å². The number of hydrogen-bond acceptors (Lipinski definition) is 5. The molecule has 28 heavy (non-hydrogen) atoms. The Kier molecular flexibility index (Phi) is 4.02. The average Bonchev–Trinajstić information content (AvgIpc) is 3.05. The summed E-state index contributed by atoms with van der Waals surface area (Å²) in [6.07, 6.45) is 4.17. The molecule has 142 valence electrons. The van der Waals surface area contributed by atoms with Gasteiger partial charge in [-0.05, 0) is 56.6 Å². The highest BCUT2D eigenvalue weighted by Crippen LogP contribution is 2.33. The van der Waals surface area contributed by atoms with Gasteiger partial charge in [-0.15, -0.1) is 0 Å². The second kappa shape index (κ2) is 6.56. The van der Waals surface area contributed by atoms with Crippen LogP contribution >= 0.6 is 0 Å². The van der Waals surface area contributed by atoms with Gasteiger partial charge in [0.1, 0.15) is 5.75 Å². The van der Waals surface area contributed by atoms with Gasteiger partial charge < -0.3 is 10.4 Å². The van der Waals surface area contributed by atoms with Crippen LogP contribution in [-0.4, -0.2) is 37.4 Å². The van der Waals surface area contributed by atoms with E-state index in [0.29, 0.717) is 17.5 Å². The molecule has 3 aromatic heterocycles. The molecule has 5 rings (SSSR count). The summed E-state index contributed by atoms with van der Waals surface area (Å²) in [7, 11) is 1.87. The van der Waals surface area contributed by atoms with Gasteiger partial charge in [0.15, 0.2) is 0 Å². The number of aromatic nitrogens is 4. The molecule has 1 aromatic carbocycles. The zero-order valence-corrected chi connectivity index (χ0v) is 16.1. The van der Waals surface area contributed by atoms with E-state index in [4.69, 9.17) is 9.97 Å². The van der Waals surface area contributed by atoms with Crippen LogP contribution in [0.15, 0.2) is 42.6 Å². The number of fused-ring (bicyclic) bond motifs is 2. The molecule has 1 aliphatic rings. The van der Waals surface area contributed by atoms with Gasteiger partial charge in [0.25, 0.3) is 0 Å². The van der Waals surface area contributed by atoms with Crippen LogP contribution in [0.1, 0.15) is 31.4 Å². The third-order valence-electron chi connectivity index (χ3n) is 5.62. The SMILES string of the molecule is C[C@@H]1C[C@@H](c2ccc3nc(-c4cc5cn(C)nc5cc4O)ccc3n2)CCN1. The standard InChI is InChI=1S/C22H23N5O/c1-13-9-14(7-8-23-13)17-3-5-20-19(24-17)6-4-18(25-20)16-10-15-12-27(2)26-21(15)11-22(16)28/h3-6,10-14,23,28H,7-9H2,1-2H3/t13-,14+/m1/s1. The lowest BCUT2D eigenvalue weighted by Gasteiger charge is -2.27. The van der Waals surface area contributed by atoms with Gasteiger partial charge in [0, 0.05) is 47.9 Å². The molecular formula is C22H23N5O. The monoisotopic (exact) mass is 373 g/mol. The number of piperidine rings is 1. The number of aryl methyl sites for hydroxylation is 1. The minimum absolute atomic E-state index is 0.186. The van der Waals surface area contributed by atoms with Gasteiger partial charge in [-0.25, -0.2) is 4.98 Å². The van der Waals surface area contributed by atoms with Crippen LogP contribution in [0.3, 0.4) is 0 Å². The minimum Gasteiger partial charge on any atom is -0.507 e. The van der Waals surface area contributed by atoms with Crippen molar-refractivity contribution < 1.29 is 5.11 Å². The molecule has 0 bridgehead atoms. The molecule has 2 atom stereocenters. The molecule has 1 aliphatic heterocycles. The van der Waals surface area contributed by atoms with Crippen molar-refractivity contribution in [3.63, 3.8) is 0 Å². The van der Waals surface area contributed by atoms with Crippen molar-refractivity contribution in [1.82, 2.24) is 25.1 Å². The summed E-state index contributed by atoms with van der Waals surface area (Å²) < 4.78 is 1.74. The topological polar surface area (TPSA) is 75.9 Å². The third-order valence-corrected chi connectivity index (χ3v) is 5.62. The van der Waals surface area contributed by atoms with Gasteiger partial charge in [-0.3, -0.25) is 9.67 Å². The lowest BCUT2D eigenvalue weighted by atomic mass is 9.90. The maximum absolute atomic E-state index is 10.5. The van der Waals surface area contributed by atoms with Crippen LogP contribution < -0.4 is 5.32 Å². The number of nitrogens with zero attached hydrogens (tertiary/aromatic N) is 4. The summed E-state index contributed by atoms with van der Waals surface area (Å²) in [5, 5.41) is 19.3. The van der Waals surface area contributed by atoms with E-state index in [-0.39, 0.29) is 5.75 Å². The fourth-order valence-corrected chi connectivity index (χ4v) is 4.19. The van der Waals surface area contributed by atoms with Crippen molar-refractivity contribution in [2.75, 3.05) is 6.54 Å². The molecule has 6 heteroatoms. The molecular weight excluding hydrogens is 350 g/mol. The Balaban J connectivity index is 1.53. The molecule has 2 N–H and O–H groups in total. The zero-order chi connectivity index (χ0) is 19.3. The van der Waals surface area contributed by atoms with E-state index in [2.05, 4.69) is 23.4 Å². The molecule has 0 aliphatic carbocycles. The van der Waals surface area contributed by atoms with Crippen LogP contribution in [0.25, 0.3) is 33.2 Å². The zero-order valence-electron chi connectivity index (χ0n) is 16.1. The number of hydrogen-bond donors (Lipinski definition) is 2. The minimum atomic E-state index is 0.186. The van der Waals surface area contributed by atoms with Crippen molar-refractivity contribution in [3.8, 4) is 17.0 Å². The maximum atomic E-state index is 10.5. The molecule has 4 aromatic rings. The Bertz CT molecular complexity index is 1180. The Morgan fingerprint density at radius 3 is 2.75 bits per heavy atom. The average molecular weight is 373 g/mol. The van der Waals surface area contributed by atoms with Crippen molar-refractivity contribution in [1.29, 1.82) is 0 Å². The molecule has 0 radical (unpaired) electrons. The number of pyridine rings is 2. The second-order valence-electron chi connectivity index (χ2n) is 7.78. The van der Waals surface area contributed by atoms with Gasteiger partial charge >= 0.3 is 0 Å². The van der Waals surface area contributed by atoms with Crippen LogP contribution in [0.4, 0.5) is 0 Å². The summed E-state index contributed by atoms with van der Waals surface area (Å²) >= 11 is 0. The molecule has 1 saturated heterocycles.